The molecule has 0 saturated heterocycles. The second-order valence-corrected chi connectivity index (χ2v) is 8.55. The predicted molar refractivity (Wildman–Crippen MR) is 122 cm³/mol. The molecule has 3 aromatic rings. The van der Waals surface area contributed by atoms with E-state index in [2.05, 4.69) is 36.9 Å². The Bertz CT molecular complexity index is 1150. The van der Waals surface area contributed by atoms with Crippen LogP contribution >= 0.6 is 31.9 Å². The third-order valence-corrected chi connectivity index (χ3v) is 5.50. The van der Waals surface area contributed by atoms with Gasteiger partial charge in [-0.2, -0.15) is 0 Å². The first kappa shape index (κ1) is 19.9. The van der Waals surface area contributed by atoms with Crippen LogP contribution in [0.5, 0.6) is 5.75 Å². The largest absolute Gasteiger partial charge is 0.489 e. The van der Waals surface area contributed by atoms with E-state index in [9.17, 15) is 4.79 Å². The summed E-state index contributed by atoms with van der Waals surface area (Å²) in [6.45, 7) is 3.93. The van der Waals surface area contributed by atoms with E-state index in [4.69, 9.17) is 9.47 Å². The molecule has 0 saturated carbocycles. The van der Waals surface area contributed by atoms with Crippen LogP contribution in [0.4, 0.5) is 0 Å². The molecule has 0 atom stereocenters. The normalized spacial score (nSPS) is 15.1. The highest BCUT2D eigenvalue weighted by atomic mass is 79.9. The third-order valence-electron chi connectivity index (χ3n) is 4.32. The van der Waals surface area contributed by atoms with Gasteiger partial charge in [0, 0.05) is 5.56 Å². The number of halogens is 2. The van der Waals surface area contributed by atoms with Crippen molar-refractivity contribution in [1.82, 2.24) is 0 Å². The second-order valence-electron chi connectivity index (χ2n) is 6.84. The average Bonchev–Trinajstić information content (AvgIpc) is 3.04. The van der Waals surface area contributed by atoms with Crippen LogP contribution in [0.25, 0.3) is 16.8 Å². The smallest absolute Gasteiger partial charge is 0.363 e. The highest BCUT2D eigenvalue weighted by molar-refractivity contribution is 9.11. The molecule has 6 heteroatoms. The van der Waals surface area contributed by atoms with Crippen molar-refractivity contribution in [2.75, 3.05) is 0 Å². The van der Waals surface area contributed by atoms with E-state index in [1.807, 2.05) is 68.4 Å². The molecular formula is C23H17Br2NO3. The fraction of sp³-hybridized carbons (Fsp3) is 0.130. The molecule has 0 radical (unpaired) electrons. The number of rotatable bonds is 4. The number of ether oxygens (including phenoxy) is 2. The summed E-state index contributed by atoms with van der Waals surface area (Å²) in [6, 6.07) is 17.6. The van der Waals surface area contributed by atoms with E-state index in [1.54, 1.807) is 6.08 Å². The van der Waals surface area contributed by atoms with Crippen LogP contribution in [0.1, 0.15) is 25.0 Å². The Balaban J connectivity index is 1.72. The zero-order valence-corrected chi connectivity index (χ0v) is 19.0. The van der Waals surface area contributed by atoms with Gasteiger partial charge in [0.2, 0.25) is 5.90 Å². The molecule has 4 rings (SSSR count). The maximum Gasteiger partial charge on any atom is 0.363 e. The maximum absolute atomic E-state index is 12.4. The number of cyclic esters (lactones) is 1. The standard InChI is InChI=1S/C23H17Br2NO3/c1-13(2)28-21-18(24)10-14(11-19(21)25)12-20-23(27)29-22(26-20)17-9-5-7-15-6-3-4-8-16(15)17/h3-13H,1-2H3/b20-12-. The summed E-state index contributed by atoms with van der Waals surface area (Å²) >= 11 is 7.06. The molecule has 0 fully saturated rings. The van der Waals surface area contributed by atoms with Gasteiger partial charge < -0.3 is 9.47 Å². The quantitative estimate of drug-likeness (QED) is 0.295. The number of aliphatic imine (C=N–C) groups is 1. The lowest BCUT2D eigenvalue weighted by molar-refractivity contribution is -0.129. The molecule has 0 amide bonds. The van der Waals surface area contributed by atoms with Crippen LogP contribution in [0.15, 0.2) is 74.2 Å². The van der Waals surface area contributed by atoms with Crippen molar-refractivity contribution in [3.8, 4) is 5.75 Å². The molecular weight excluding hydrogens is 498 g/mol. The van der Waals surface area contributed by atoms with Gasteiger partial charge >= 0.3 is 5.97 Å². The van der Waals surface area contributed by atoms with Crippen molar-refractivity contribution in [2.45, 2.75) is 20.0 Å². The van der Waals surface area contributed by atoms with E-state index in [-0.39, 0.29) is 11.8 Å². The minimum Gasteiger partial charge on any atom is -0.489 e. The van der Waals surface area contributed by atoms with Crippen molar-refractivity contribution in [3.05, 3.63) is 80.4 Å². The minimum absolute atomic E-state index is 0.0458. The molecule has 3 aromatic carbocycles. The molecule has 1 aliphatic rings. The second kappa shape index (κ2) is 8.13. The first-order valence-electron chi connectivity index (χ1n) is 9.09. The molecule has 4 nitrogen and oxygen atoms in total. The van der Waals surface area contributed by atoms with Gasteiger partial charge in [-0.25, -0.2) is 9.79 Å². The van der Waals surface area contributed by atoms with Gasteiger partial charge in [-0.05, 0) is 86.3 Å². The summed E-state index contributed by atoms with van der Waals surface area (Å²) in [5.41, 5.74) is 1.85. The molecule has 0 N–H and O–H groups in total. The van der Waals surface area contributed by atoms with Gasteiger partial charge in [-0.1, -0.05) is 36.4 Å². The van der Waals surface area contributed by atoms with Crippen molar-refractivity contribution in [3.63, 3.8) is 0 Å². The zero-order chi connectivity index (χ0) is 20.5. The van der Waals surface area contributed by atoms with Crippen LogP contribution in [-0.4, -0.2) is 18.0 Å². The van der Waals surface area contributed by atoms with Gasteiger partial charge in [0.05, 0.1) is 15.0 Å². The first-order chi connectivity index (χ1) is 13.9. The molecule has 0 aromatic heterocycles. The third kappa shape index (κ3) is 4.14. The summed E-state index contributed by atoms with van der Waals surface area (Å²) in [7, 11) is 0. The van der Waals surface area contributed by atoms with Gasteiger partial charge in [0.25, 0.3) is 0 Å². The summed E-state index contributed by atoms with van der Waals surface area (Å²) in [5, 5.41) is 2.05. The molecule has 0 unspecified atom stereocenters. The van der Waals surface area contributed by atoms with E-state index >= 15 is 0 Å². The van der Waals surface area contributed by atoms with Gasteiger partial charge in [0.15, 0.2) is 5.70 Å². The van der Waals surface area contributed by atoms with Crippen LogP contribution in [0.2, 0.25) is 0 Å². The Morgan fingerprint density at radius 1 is 1.03 bits per heavy atom. The highest BCUT2D eigenvalue weighted by Crippen LogP contribution is 2.36. The van der Waals surface area contributed by atoms with Crippen molar-refractivity contribution in [2.24, 2.45) is 4.99 Å². The van der Waals surface area contributed by atoms with Crippen LogP contribution in [0.3, 0.4) is 0 Å². The summed E-state index contributed by atoms with van der Waals surface area (Å²) in [4.78, 5) is 16.9. The van der Waals surface area contributed by atoms with Crippen molar-refractivity contribution in [1.29, 1.82) is 0 Å². The first-order valence-corrected chi connectivity index (χ1v) is 10.7. The molecule has 29 heavy (non-hydrogen) atoms. The number of benzene rings is 3. The van der Waals surface area contributed by atoms with Crippen molar-refractivity contribution < 1.29 is 14.3 Å². The molecule has 0 aliphatic carbocycles. The molecule has 1 heterocycles. The van der Waals surface area contributed by atoms with Gasteiger partial charge in [-0.15, -0.1) is 0 Å². The minimum atomic E-state index is -0.470. The Morgan fingerprint density at radius 2 is 1.72 bits per heavy atom. The molecule has 0 bridgehead atoms. The molecule has 146 valence electrons. The lowest BCUT2D eigenvalue weighted by Gasteiger charge is -2.14. The zero-order valence-electron chi connectivity index (χ0n) is 15.8. The Morgan fingerprint density at radius 3 is 2.45 bits per heavy atom. The highest BCUT2D eigenvalue weighted by Gasteiger charge is 2.25. The number of esters is 1. The monoisotopic (exact) mass is 513 g/mol. The maximum atomic E-state index is 12.4. The van der Waals surface area contributed by atoms with E-state index in [0.29, 0.717) is 5.90 Å². The fourth-order valence-corrected chi connectivity index (χ4v) is 4.51. The number of fused-ring (bicyclic) bond motifs is 1. The van der Waals surface area contributed by atoms with E-state index in [0.717, 1.165) is 36.6 Å². The topological polar surface area (TPSA) is 47.9 Å². The van der Waals surface area contributed by atoms with Crippen LogP contribution in [0, 0.1) is 0 Å². The Hall–Kier alpha value is -2.44. The van der Waals surface area contributed by atoms with Crippen LogP contribution in [-0.2, 0) is 9.53 Å². The number of carbonyl (C=O) groups is 1. The lowest BCUT2D eigenvalue weighted by atomic mass is 10.0. The number of hydrogen-bond acceptors (Lipinski definition) is 4. The average molecular weight is 515 g/mol. The number of nitrogens with zero attached hydrogens (tertiary/aromatic N) is 1. The van der Waals surface area contributed by atoms with Gasteiger partial charge in [0.1, 0.15) is 5.75 Å². The summed E-state index contributed by atoms with van der Waals surface area (Å²) in [5.74, 6) is 0.565. The number of hydrogen-bond donors (Lipinski definition) is 0. The van der Waals surface area contributed by atoms with E-state index in [1.165, 1.54) is 0 Å². The Labute approximate surface area is 185 Å². The molecule has 1 aliphatic heterocycles. The summed E-state index contributed by atoms with van der Waals surface area (Å²) in [6.07, 6.45) is 1.75. The van der Waals surface area contributed by atoms with Crippen LogP contribution < -0.4 is 4.74 Å². The summed E-state index contributed by atoms with van der Waals surface area (Å²) < 4.78 is 12.9. The van der Waals surface area contributed by atoms with E-state index < -0.39 is 5.97 Å². The Kier molecular flexibility index (Phi) is 5.56. The molecule has 0 spiro atoms. The van der Waals surface area contributed by atoms with Gasteiger partial charge in [-0.3, -0.25) is 0 Å². The predicted octanol–water partition coefficient (Wildman–Crippen LogP) is 6.50. The number of carbonyl (C=O) groups excluding carboxylic acids is 1. The SMILES string of the molecule is CC(C)Oc1c(Br)cc(/C=C2\N=C(c3cccc4ccccc34)OC2=O)cc1Br. The fourth-order valence-electron chi connectivity index (χ4n) is 3.11. The lowest BCUT2D eigenvalue weighted by Crippen LogP contribution is -2.06. The van der Waals surface area contributed by atoms with Crippen molar-refractivity contribution >= 4 is 60.6 Å².